The van der Waals surface area contributed by atoms with Crippen molar-refractivity contribution in [2.75, 3.05) is 5.73 Å². The number of carbonyl (C=O) groups is 1. The number of nitrogen functional groups attached to an aromatic ring is 1. The Kier molecular flexibility index (Phi) is 1.63. The van der Waals surface area contributed by atoms with Crippen molar-refractivity contribution in [3.8, 4) is 0 Å². The Morgan fingerprint density at radius 2 is 2.23 bits per heavy atom. The Labute approximate surface area is 73.8 Å². The van der Waals surface area contributed by atoms with E-state index in [-0.39, 0.29) is 11.6 Å². The molecule has 1 aromatic rings. The number of carboxylic acid groups (broad SMARTS) is 1. The molecule has 0 amide bonds. The average molecular weight is 180 g/mol. The molecule has 2 heterocycles. The lowest BCUT2D eigenvalue weighted by Gasteiger charge is -2.02. The Morgan fingerprint density at radius 1 is 1.46 bits per heavy atom. The molecule has 0 saturated carbocycles. The molecular formula is C7H8N4O2. The van der Waals surface area contributed by atoms with Crippen LogP contribution in [0.25, 0.3) is 0 Å². The normalized spacial score (nSPS) is 14.2. The second-order valence-corrected chi connectivity index (χ2v) is 2.76. The Balaban J connectivity index is 2.62. The maximum Gasteiger partial charge on any atom is 0.355 e. The SMILES string of the molecule is Nc1nc2c(c(C(=O)O)n1)CNC2. The zero-order chi connectivity index (χ0) is 9.42. The van der Waals surface area contributed by atoms with Crippen LogP contribution in [0.2, 0.25) is 0 Å². The van der Waals surface area contributed by atoms with Crippen molar-refractivity contribution in [3.05, 3.63) is 17.0 Å². The molecule has 6 nitrogen and oxygen atoms in total. The van der Waals surface area contributed by atoms with Gasteiger partial charge in [-0.25, -0.2) is 14.8 Å². The van der Waals surface area contributed by atoms with E-state index in [4.69, 9.17) is 10.8 Å². The van der Waals surface area contributed by atoms with E-state index in [0.29, 0.717) is 24.3 Å². The quantitative estimate of drug-likeness (QED) is 0.531. The molecule has 2 rings (SSSR count). The van der Waals surface area contributed by atoms with Crippen LogP contribution < -0.4 is 11.1 Å². The summed E-state index contributed by atoms with van der Waals surface area (Å²) in [5.41, 5.74) is 6.69. The van der Waals surface area contributed by atoms with Gasteiger partial charge in [-0.15, -0.1) is 0 Å². The Bertz CT molecular complexity index is 377. The molecule has 6 heteroatoms. The molecule has 68 valence electrons. The topological polar surface area (TPSA) is 101 Å². The summed E-state index contributed by atoms with van der Waals surface area (Å²) in [7, 11) is 0. The average Bonchev–Trinajstić information content (AvgIpc) is 2.49. The fourth-order valence-corrected chi connectivity index (χ4v) is 1.36. The number of hydrogen-bond acceptors (Lipinski definition) is 5. The van der Waals surface area contributed by atoms with Crippen molar-refractivity contribution < 1.29 is 9.90 Å². The van der Waals surface area contributed by atoms with E-state index >= 15 is 0 Å². The van der Waals surface area contributed by atoms with Gasteiger partial charge < -0.3 is 16.2 Å². The minimum atomic E-state index is -1.06. The van der Waals surface area contributed by atoms with Crippen molar-refractivity contribution in [1.29, 1.82) is 0 Å². The summed E-state index contributed by atoms with van der Waals surface area (Å²) in [5.74, 6) is -1.05. The second-order valence-electron chi connectivity index (χ2n) is 2.76. The van der Waals surface area contributed by atoms with E-state index < -0.39 is 5.97 Å². The van der Waals surface area contributed by atoms with Crippen molar-refractivity contribution in [2.24, 2.45) is 0 Å². The highest BCUT2D eigenvalue weighted by Gasteiger charge is 2.21. The minimum Gasteiger partial charge on any atom is -0.476 e. The van der Waals surface area contributed by atoms with Gasteiger partial charge in [0.2, 0.25) is 5.95 Å². The number of carboxylic acids is 1. The van der Waals surface area contributed by atoms with Crippen LogP contribution in [-0.4, -0.2) is 21.0 Å². The van der Waals surface area contributed by atoms with Gasteiger partial charge in [-0.1, -0.05) is 0 Å². The molecule has 0 atom stereocenters. The third-order valence-corrected chi connectivity index (χ3v) is 1.91. The van der Waals surface area contributed by atoms with Gasteiger partial charge in [0, 0.05) is 18.7 Å². The third kappa shape index (κ3) is 1.20. The van der Waals surface area contributed by atoms with Gasteiger partial charge >= 0.3 is 5.97 Å². The van der Waals surface area contributed by atoms with Gasteiger partial charge in [-0.2, -0.15) is 0 Å². The van der Waals surface area contributed by atoms with Crippen molar-refractivity contribution in [1.82, 2.24) is 15.3 Å². The zero-order valence-electron chi connectivity index (χ0n) is 6.74. The second kappa shape index (κ2) is 2.67. The van der Waals surface area contributed by atoms with Crippen LogP contribution in [-0.2, 0) is 13.1 Å². The van der Waals surface area contributed by atoms with E-state index in [1.807, 2.05) is 0 Å². The molecule has 0 aromatic carbocycles. The molecule has 0 unspecified atom stereocenters. The van der Waals surface area contributed by atoms with Crippen molar-refractivity contribution in [2.45, 2.75) is 13.1 Å². The lowest BCUT2D eigenvalue weighted by atomic mass is 10.2. The molecule has 4 N–H and O–H groups in total. The highest BCUT2D eigenvalue weighted by molar-refractivity contribution is 5.87. The Morgan fingerprint density at radius 3 is 2.92 bits per heavy atom. The highest BCUT2D eigenvalue weighted by Crippen LogP contribution is 2.17. The van der Waals surface area contributed by atoms with E-state index in [1.54, 1.807) is 0 Å². The lowest BCUT2D eigenvalue weighted by molar-refractivity contribution is 0.0689. The molecule has 0 fully saturated rings. The summed E-state index contributed by atoms with van der Waals surface area (Å²) in [5, 5.41) is 11.8. The number of anilines is 1. The molecule has 13 heavy (non-hydrogen) atoms. The smallest absolute Gasteiger partial charge is 0.355 e. The summed E-state index contributed by atoms with van der Waals surface area (Å²) in [6, 6.07) is 0. The number of aromatic carboxylic acids is 1. The van der Waals surface area contributed by atoms with Gasteiger partial charge in [-0.3, -0.25) is 0 Å². The van der Waals surface area contributed by atoms with Crippen LogP contribution in [0.4, 0.5) is 5.95 Å². The number of nitrogens with two attached hydrogens (primary N) is 1. The van der Waals surface area contributed by atoms with Crippen LogP contribution in [0.15, 0.2) is 0 Å². The summed E-state index contributed by atoms with van der Waals surface area (Å²) in [6.07, 6.45) is 0. The maximum atomic E-state index is 10.7. The maximum absolute atomic E-state index is 10.7. The lowest BCUT2D eigenvalue weighted by Crippen LogP contribution is -2.10. The number of nitrogens with zero attached hydrogens (tertiary/aromatic N) is 2. The molecule has 0 bridgehead atoms. The van der Waals surface area contributed by atoms with Crippen LogP contribution in [0, 0.1) is 0 Å². The molecule has 1 aromatic heterocycles. The fourth-order valence-electron chi connectivity index (χ4n) is 1.36. The van der Waals surface area contributed by atoms with Crippen LogP contribution in [0.1, 0.15) is 21.7 Å². The number of rotatable bonds is 1. The largest absolute Gasteiger partial charge is 0.476 e. The van der Waals surface area contributed by atoms with E-state index in [9.17, 15) is 4.79 Å². The summed E-state index contributed by atoms with van der Waals surface area (Å²) in [4.78, 5) is 18.3. The van der Waals surface area contributed by atoms with Crippen molar-refractivity contribution >= 4 is 11.9 Å². The first-order valence-corrected chi connectivity index (χ1v) is 3.78. The monoisotopic (exact) mass is 180 g/mol. The first-order valence-electron chi connectivity index (χ1n) is 3.78. The first kappa shape index (κ1) is 7.93. The van der Waals surface area contributed by atoms with Crippen molar-refractivity contribution in [3.63, 3.8) is 0 Å². The van der Waals surface area contributed by atoms with Crippen LogP contribution in [0.3, 0.4) is 0 Å². The number of fused-ring (bicyclic) bond motifs is 1. The molecule has 0 aliphatic carbocycles. The summed E-state index contributed by atoms with van der Waals surface area (Å²) < 4.78 is 0. The number of nitrogens with one attached hydrogen (secondary N) is 1. The summed E-state index contributed by atoms with van der Waals surface area (Å²) in [6.45, 7) is 1.06. The van der Waals surface area contributed by atoms with Crippen LogP contribution >= 0.6 is 0 Å². The standard InChI is InChI=1S/C7H8N4O2/c8-7-10-4-2-9-1-3(4)5(11-7)6(12)13/h9H,1-2H2,(H,12,13)(H2,8,10,11). The van der Waals surface area contributed by atoms with E-state index in [1.165, 1.54) is 0 Å². The van der Waals surface area contributed by atoms with Gasteiger partial charge in [0.1, 0.15) is 0 Å². The molecule has 0 spiro atoms. The zero-order valence-corrected chi connectivity index (χ0v) is 6.74. The van der Waals surface area contributed by atoms with Gasteiger partial charge in [0.25, 0.3) is 0 Å². The molecule has 0 radical (unpaired) electrons. The predicted molar refractivity (Wildman–Crippen MR) is 43.9 cm³/mol. The highest BCUT2D eigenvalue weighted by atomic mass is 16.4. The molecule has 1 aliphatic heterocycles. The predicted octanol–water partition coefficient (Wildman–Crippen LogP) is -0.640. The first-order chi connectivity index (χ1) is 6.18. The van der Waals surface area contributed by atoms with Gasteiger partial charge in [0.15, 0.2) is 5.69 Å². The number of hydrogen-bond donors (Lipinski definition) is 3. The molecule has 0 saturated heterocycles. The minimum absolute atomic E-state index is 0.00694. The van der Waals surface area contributed by atoms with Crippen LogP contribution in [0.5, 0.6) is 0 Å². The molecular weight excluding hydrogens is 172 g/mol. The summed E-state index contributed by atoms with van der Waals surface area (Å²) >= 11 is 0. The number of aromatic nitrogens is 2. The molecule has 1 aliphatic rings. The third-order valence-electron chi connectivity index (χ3n) is 1.91. The Hall–Kier alpha value is -1.69. The van der Waals surface area contributed by atoms with Gasteiger partial charge in [-0.05, 0) is 0 Å². The van der Waals surface area contributed by atoms with Gasteiger partial charge in [0.05, 0.1) is 5.69 Å². The fraction of sp³-hybridized carbons (Fsp3) is 0.286. The van der Waals surface area contributed by atoms with E-state index in [2.05, 4.69) is 15.3 Å². The van der Waals surface area contributed by atoms with E-state index in [0.717, 1.165) is 0 Å².